The van der Waals surface area contributed by atoms with Gasteiger partial charge in [-0.25, -0.2) is 0 Å². The second-order valence-corrected chi connectivity index (χ2v) is 10.3. The molecule has 4 aromatic carbocycles. The highest BCUT2D eigenvalue weighted by Crippen LogP contribution is 2.60. The standard InChI is InChI=1S/C33H26N2O3/c1-20-10-12-22(13-11-20)19-38-23-16-14-21(15-17-23)18-34-35-32(36)30-28-24-6-2-3-7-25(24)29(31(30)33(35)37)27-9-5-4-8-26(27)28/h2-18,28-31H,19H2,1H3/b34-18+. The zero-order valence-electron chi connectivity index (χ0n) is 21.0. The Labute approximate surface area is 221 Å². The normalized spacial score (nSPS) is 22.9. The number of rotatable bonds is 5. The number of carbonyl (C=O) groups is 2. The molecule has 1 saturated heterocycles. The van der Waals surface area contributed by atoms with Crippen LogP contribution < -0.4 is 4.74 Å². The molecule has 38 heavy (non-hydrogen) atoms. The van der Waals surface area contributed by atoms with Gasteiger partial charge in [0.1, 0.15) is 12.4 Å². The summed E-state index contributed by atoms with van der Waals surface area (Å²) in [6, 6.07) is 32.2. The average molecular weight is 499 g/mol. The van der Waals surface area contributed by atoms with E-state index in [2.05, 4.69) is 60.6 Å². The van der Waals surface area contributed by atoms with Crippen LogP contribution in [0.4, 0.5) is 0 Å². The van der Waals surface area contributed by atoms with E-state index in [-0.39, 0.29) is 23.7 Å². The zero-order chi connectivity index (χ0) is 25.8. The Kier molecular flexibility index (Phi) is 5.25. The van der Waals surface area contributed by atoms with Gasteiger partial charge in [-0.15, -0.1) is 0 Å². The van der Waals surface area contributed by atoms with Gasteiger partial charge in [-0.2, -0.15) is 10.1 Å². The van der Waals surface area contributed by atoms with Crippen molar-refractivity contribution in [2.45, 2.75) is 25.4 Å². The number of ether oxygens (including phenoxy) is 1. The Morgan fingerprint density at radius 2 is 1.21 bits per heavy atom. The summed E-state index contributed by atoms with van der Waals surface area (Å²) in [4.78, 5) is 27.3. The fraction of sp³-hybridized carbons (Fsp3) is 0.182. The van der Waals surface area contributed by atoms with Crippen LogP contribution in [0.15, 0.2) is 102 Å². The minimum absolute atomic E-state index is 0.126. The molecule has 2 unspecified atom stereocenters. The highest BCUT2D eigenvalue weighted by atomic mass is 16.5. The molecule has 1 fully saturated rings. The highest BCUT2D eigenvalue weighted by Gasteiger charge is 2.61. The lowest BCUT2D eigenvalue weighted by Crippen LogP contribution is -2.41. The molecule has 2 amide bonds. The summed E-state index contributed by atoms with van der Waals surface area (Å²) >= 11 is 0. The average Bonchev–Trinajstić information content (AvgIpc) is 3.21. The Morgan fingerprint density at radius 3 is 1.71 bits per heavy atom. The summed E-state index contributed by atoms with van der Waals surface area (Å²) in [5, 5.41) is 5.51. The lowest BCUT2D eigenvalue weighted by molar-refractivity contribution is -0.139. The van der Waals surface area contributed by atoms with Crippen LogP contribution in [0.2, 0.25) is 0 Å². The third-order valence-corrected chi connectivity index (χ3v) is 8.15. The second kappa shape index (κ2) is 8.80. The zero-order valence-corrected chi connectivity index (χ0v) is 21.0. The van der Waals surface area contributed by atoms with Crippen LogP contribution in [0.5, 0.6) is 5.75 Å². The minimum atomic E-state index is -0.424. The largest absolute Gasteiger partial charge is 0.489 e. The van der Waals surface area contributed by atoms with Gasteiger partial charge < -0.3 is 4.74 Å². The molecule has 8 rings (SSSR count). The van der Waals surface area contributed by atoms with Gasteiger partial charge in [-0.3, -0.25) is 9.59 Å². The SMILES string of the molecule is Cc1ccc(COc2ccc(/C=N/N3C(=O)C4C5c6ccccc6C(c6ccccc65)C4C3=O)cc2)cc1. The molecule has 3 aliphatic carbocycles. The van der Waals surface area contributed by atoms with E-state index >= 15 is 0 Å². The molecule has 0 radical (unpaired) electrons. The molecular weight excluding hydrogens is 472 g/mol. The van der Waals surface area contributed by atoms with Crippen LogP contribution in [0.1, 0.15) is 50.8 Å². The maximum absolute atomic E-state index is 13.6. The first-order valence-corrected chi connectivity index (χ1v) is 13.0. The number of aryl methyl sites for hydroxylation is 1. The lowest BCUT2D eigenvalue weighted by Gasteiger charge is -2.45. The van der Waals surface area contributed by atoms with Crippen molar-refractivity contribution in [3.8, 4) is 5.75 Å². The Hall–Kier alpha value is -4.51. The number of imide groups is 1. The minimum Gasteiger partial charge on any atom is -0.489 e. The van der Waals surface area contributed by atoms with Crippen molar-refractivity contribution in [3.63, 3.8) is 0 Å². The predicted octanol–water partition coefficient (Wildman–Crippen LogP) is 5.80. The molecule has 1 aliphatic heterocycles. The van der Waals surface area contributed by atoms with E-state index in [4.69, 9.17) is 4.74 Å². The molecule has 5 heteroatoms. The quantitative estimate of drug-likeness (QED) is 0.258. The van der Waals surface area contributed by atoms with Crippen molar-refractivity contribution in [2.75, 3.05) is 0 Å². The molecule has 0 saturated carbocycles. The topological polar surface area (TPSA) is 59.0 Å². The van der Waals surface area contributed by atoms with Gasteiger partial charge in [0, 0.05) is 11.8 Å². The summed E-state index contributed by atoms with van der Waals surface area (Å²) < 4.78 is 5.89. The summed E-state index contributed by atoms with van der Waals surface area (Å²) in [6.45, 7) is 2.55. The first kappa shape index (κ1) is 22.7. The van der Waals surface area contributed by atoms with Crippen LogP contribution in [0.25, 0.3) is 0 Å². The van der Waals surface area contributed by atoms with Gasteiger partial charge >= 0.3 is 0 Å². The van der Waals surface area contributed by atoms with Crippen molar-refractivity contribution < 1.29 is 14.3 Å². The molecule has 186 valence electrons. The van der Waals surface area contributed by atoms with E-state index in [1.54, 1.807) is 6.21 Å². The molecule has 5 nitrogen and oxygen atoms in total. The molecule has 0 N–H and O–H groups in total. The molecular formula is C33H26N2O3. The number of benzene rings is 4. The summed E-state index contributed by atoms with van der Waals surface area (Å²) in [5.41, 5.74) is 7.74. The van der Waals surface area contributed by atoms with Gasteiger partial charge in [0.25, 0.3) is 11.8 Å². The summed E-state index contributed by atoms with van der Waals surface area (Å²) in [6.07, 6.45) is 1.58. The maximum atomic E-state index is 13.6. The number of hydrogen-bond donors (Lipinski definition) is 0. The molecule has 4 aliphatic rings. The Bertz CT molecular complexity index is 1470. The van der Waals surface area contributed by atoms with Crippen molar-refractivity contribution >= 4 is 18.0 Å². The van der Waals surface area contributed by atoms with E-state index in [1.165, 1.54) is 5.56 Å². The summed E-state index contributed by atoms with van der Waals surface area (Å²) in [7, 11) is 0. The van der Waals surface area contributed by atoms with Crippen molar-refractivity contribution in [1.82, 2.24) is 5.01 Å². The first-order valence-electron chi connectivity index (χ1n) is 13.0. The lowest BCUT2D eigenvalue weighted by atomic mass is 9.55. The van der Waals surface area contributed by atoms with Crippen LogP contribution in [0.3, 0.4) is 0 Å². The number of nitrogens with zero attached hydrogens (tertiary/aromatic N) is 2. The molecule has 2 bridgehead atoms. The van der Waals surface area contributed by atoms with Crippen molar-refractivity contribution in [2.24, 2.45) is 16.9 Å². The third-order valence-electron chi connectivity index (χ3n) is 8.15. The molecule has 2 atom stereocenters. The monoisotopic (exact) mass is 498 g/mol. The van der Waals surface area contributed by atoms with E-state index in [0.717, 1.165) is 44.1 Å². The van der Waals surface area contributed by atoms with Crippen LogP contribution in [-0.2, 0) is 16.2 Å². The fourth-order valence-electron chi connectivity index (χ4n) is 6.40. The highest BCUT2D eigenvalue weighted by molar-refractivity contribution is 6.08. The van der Waals surface area contributed by atoms with E-state index in [0.29, 0.717) is 6.61 Å². The smallest absolute Gasteiger partial charge is 0.254 e. The van der Waals surface area contributed by atoms with Gasteiger partial charge in [0.05, 0.1) is 18.1 Å². The Balaban J connectivity index is 1.12. The third kappa shape index (κ3) is 3.50. The van der Waals surface area contributed by atoms with Gasteiger partial charge in [0.2, 0.25) is 0 Å². The number of amides is 2. The Morgan fingerprint density at radius 1 is 0.711 bits per heavy atom. The number of hydrazone groups is 1. The maximum Gasteiger partial charge on any atom is 0.254 e. The van der Waals surface area contributed by atoms with Gasteiger partial charge in [-0.05, 0) is 64.6 Å². The van der Waals surface area contributed by atoms with Crippen molar-refractivity contribution in [3.05, 3.63) is 136 Å². The van der Waals surface area contributed by atoms with Gasteiger partial charge in [0.15, 0.2) is 0 Å². The second-order valence-electron chi connectivity index (χ2n) is 10.3. The van der Waals surface area contributed by atoms with Crippen molar-refractivity contribution in [1.29, 1.82) is 0 Å². The van der Waals surface area contributed by atoms with Crippen LogP contribution >= 0.6 is 0 Å². The summed E-state index contributed by atoms with van der Waals surface area (Å²) in [5.74, 6) is -0.784. The predicted molar refractivity (Wildman–Crippen MR) is 145 cm³/mol. The molecule has 0 aromatic heterocycles. The van der Waals surface area contributed by atoms with Gasteiger partial charge in [-0.1, -0.05) is 78.4 Å². The van der Waals surface area contributed by atoms with E-state index in [1.807, 2.05) is 48.5 Å². The van der Waals surface area contributed by atoms with E-state index < -0.39 is 11.8 Å². The molecule has 4 aromatic rings. The van der Waals surface area contributed by atoms with E-state index in [9.17, 15) is 9.59 Å². The molecule has 0 spiro atoms. The number of carbonyl (C=O) groups excluding carboxylic acids is 2. The fourth-order valence-corrected chi connectivity index (χ4v) is 6.40. The molecule has 1 heterocycles. The van der Waals surface area contributed by atoms with Crippen LogP contribution in [-0.4, -0.2) is 23.0 Å². The first-order chi connectivity index (χ1) is 18.6. The van der Waals surface area contributed by atoms with Crippen LogP contribution in [0, 0.1) is 18.8 Å². The number of hydrogen-bond acceptors (Lipinski definition) is 4.